The molecule has 6 nitrogen and oxygen atoms in total. The van der Waals surface area contributed by atoms with Crippen molar-refractivity contribution >= 4 is 17.2 Å². The molecule has 1 aliphatic rings. The average Bonchev–Trinajstić information content (AvgIpc) is 3.15. The van der Waals surface area contributed by atoms with Crippen LogP contribution >= 0.6 is 11.3 Å². The van der Waals surface area contributed by atoms with Crippen molar-refractivity contribution in [2.75, 3.05) is 20.6 Å². The molecular weight excluding hydrogens is 312 g/mol. The molecule has 0 bridgehead atoms. The molecule has 3 heterocycles. The molecular formula is C16H22N4O2S. The molecule has 0 aliphatic carbocycles. The lowest BCUT2D eigenvalue weighted by atomic mass is 10.1. The third kappa shape index (κ3) is 3.80. The third-order valence-electron chi connectivity index (χ3n) is 4.06. The minimum absolute atomic E-state index is 0.0718. The van der Waals surface area contributed by atoms with E-state index in [1.807, 2.05) is 10.7 Å². The van der Waals surface area contributed by atoms with Crippen molar-refractivity contribution in [3.8, 4) is 0 Å². The Morgan fingerprint density at radius 1 is 1.48 bits per heavy atom. The lowest BCUT2D eigenvalue weighted by molar-refractivity contribution is -0.130. The van der Waals surface area contributed by atoms with Crippen LogP contribution in [-0.2, 0) is 24.4 Å². The summed E-state index contributed by atoms with van der Waals surface area (Å²) in [4.78, 5) is 16.9. The summed E-state index contributed by atoms with van der Waals surface area (Å²) in [5, 5.41) is 16.8. The van der Waals surface area contributed by atoms with Gasteiger partial charge in [0.05, 0.1) is 24.4 Å². The third-order valence-corrected chi connectivity index (χ3v) is 4.92. The van der Waals surface area contributed by atoms with Gasteiger partial charge in [-0.1, -0.05) is 6.07 Å². The quantitative estimate of drug-likeness (QED) is 0.899. The topological polar surface area (TPSA) is 61.6 Å². The molecule has 3 rings (SSSR count). The van der Waals surface area contributed by atoms with E-state index < -0.39 is 6.10 Å². The molecule has 0 spiro atoms. The van der Waals surface area contributed by atoms with Crippen LogP contribution in [0, 0.1) is 0 Å². The molecule has 2 aromatic rings. The first-order chi connectivity index (χ1) is 11.0. The molecule has 0 radical (unpaired) electrons. The summed E-state index contributed by atoms with van der Waals surface area (Å²) in [5.41, 5.74) is 1.69. The highest BCUT2D eigenvalue weighted by Crippen LogP contribution is 2.22. The summed E-state index contributed by atoms with van der Waals surface area (Å²) < 4.78 is 1.95. The molecule has 0 saturated carbocycles. The van der Waals surface area contributed by atoms with Gasteiger partial charge in [-0.15, -0.1) is 11.3 Å². The fraction of sp³-hybridized carbons (Fsp3) is 0.500. The van der Waals surface area contributed by atoms with Gasteiger partial charge in [0.1, 0.15) is 6.10 Å². The molecule has 0 aromatic carbocycles. The maximum Gasteiger partial charge on any atom is 0.225 e. The van der Waals surface area contributed by atoms with E-state index in [2.05, 4.69) is 27.5 Å². The van der Waals surface area contributed by atoms with Gasteiger partial charge in [0.25, 0.3) is 0 Å². The van der Waals surface area contributed by atoms with Crippen LogP contribution in [0.1, 0.15) is 28.8 Å². The number of fused-ring (bicyclic) bond motifs is 1. The number of carbonyl (C=O) groups is 1. The number of nitrogens with zero attached hydrogens (tertiary/aromatic N) is 4. The number of carbonyl (C=O) groups excluding carboxylic acids is 1. The molecule has 23 heavy (non-hydrogen) atoms. The molecule has 2 aromatic heterocycles. The Morgan fingerprint density at radius 3 is 3.00 bits per heavy atom. The summed E-state index contributed by atoms with van der Waals surface area (Å²) >= 11 is 1.77. The van der Waals surface area contributed by atoms with Crippen LogP contribution in [0.5, 0.6) is 0 Å². The van der Waals surface area contributed by atoms with Gasteiger partial charge in [-0.3, -0.25) is 14.4 Å². The van der Waals surface area contributed by atoms with Gasteiger partial charge >= 0.3 is 0 Å². The number of hydrogen-bond donors (Lipinski definition) is 1. The fourth-order valence-electron chi connectivity index (χ4n) is 2.72. The summed E-state index contributed by atoms with van der Waals surface area (Å²) in [5.74, 6) is -0.0946. The van der Waals surface area contributed by atoms with Crippen LogP contribution in [-0.4, -0.2) is 51.2 Å². The van der Waals surface area contributed by atoms with Crippen LogP contribution in [0.25, 0.3) is 0 Å². The second-order valence-corrected chi connectivity index (χ2v) is 7.11. The standard InChI is InChI=1S/C16H22N4O2S/c1-18(2)16(22)9-15(21)14-8-12-10-19(5-6-20(12)17-14)11-13-4-3-7-23-13/h3-4,7-8,15,21H,5-6,9-11H2,1-2H3/t15-/m1/s1. The van der Waals surface area contributed by atoms with E-state index in [0.29, 0.717) is 5.69 Å². The molecule has 1 amide bonds. The van der Waals surface area contributed by atoms with Crippen LogP contribution in [0.2, 0.25) is 0 Å². The van der Waals surface area contributed by atoms with Crippen molar-refractivity contribution < 1.29 is 9.90 Å². The normalized spacial score (nSPS) is 16.1. The van der Waals surface area contributed by atoms with Gasteiger partial charge in [0.2, 0.25) is 5.91 Å². The first-order valence-corrected chi connectivity index (χ1v) is 8.60. The van der Waals surface area contributed by atoms with Crippen LogP contribution in [0.3, 0.4) is 0 Å². The molecule has 0 unspecified atom stereocenters. The van der Waals surface area contributed by atoms with Crippen molar-refractivity contribution in [3.63, 3.8) is 0 Å². The first-order valence-electron chi connectivity index (χ1n) is 7.72. The Labute approximate surface area is 139 Å². The van der Waals surface area contributed by atoms with E-state index in [-0.39, 0.29) is 12.3 Å². The number of hydrogen-bond acceptors (Lipinski definition) is 5. The number of aliphatic hydroxyl groups excluding tert-OH is 1. The lowest BCUT2D eigenvalue weighted by Gasteiger charge is -2.26. The number of aromatic nitrogens is 2. The SMILES string of the molecule is CN(C)C(=O)C[C@@H](O)c1cc2n(n1)CCN(Cc1cccs1)C2. The minimum atomic E-state index is -0.839. The molecule has 1 atom stereocenters. The second-order valence-electron chi connectivity index (χ2n) is 6.08. The zero-order chi connectivity index (χ0) is 16.4. The lowest BCUT2D eigenvalue weighted by Crippen LogP contribution is -2.33. The largest absolute Gasteiger partial charge is 0.386 e. The van der Waals surface area contributed by atoms with Gasteiger partial charge in [-0.2, -0.15) is 5.10 Å². The van der Waals surface area contributed by atoms with E-state index in [4.69, 9.17) is 0 Å². The van der Waals surface area contributed by atoms with Crippen molar-refractivity contribution in [2.45, 2.75) is 32.2 Å². The second kappa shape index (κ2) is 6.82. The predicted octanol–water partition coefficient (Wildman–Crippen LogP) is 1.47. The van der Waals surface area contributed by atoms with Gasteiger partial charge in [0.15, 0.2) is 0 Å². The number of rotatable bonds is 5. The zero-order valence-electron chi connectivity index (χ0n) is 13.5. The average molecular weight is 334 g/mol. The van der Waals surface area contributed by atoms with E-state index >= 15 is 0 Å². The maximum absolute atomic E-state index is 11.7. The molecule has 7 heteroatoms. The van der Waals surface area contributed by atoms with Crippen LogP contribution in [0.15, 0.2) is 23.6 Å². The fourth-order valence-corrected chi connectivity index (χ4v) is 3.46. The van der Waals surface area contributed by atoms with E-state index in [9.17, 15) is 9.90 Å². The van der Waals surface area contributed by atoms with Gasteiger partial charge in [-0.05, 0) is 17.5 Å². The van der Waals surface area contributed by atoms with Crippen molar-refractivity contribution in [2.24, 2.45) is 0 Å². The summed E-state index contributed by atoms with van der Waals surface area (Å²) in [6, 6.07) is 6.15. The maximum atomic E-state index is 11.7. The predicted molar refractivity (Wildman–Crippen MR) is 88.9 cm³/mol. The van der Waals surface area contributed by atoms with Crippen molar-refractivity contribution in [1.82, 2.24) is 19.6 Å². The summed E-state index contributed by atoms with van der Waals surface area (Å²) in [7, 11) is 3.38. The Bertz CT molecular complexity index is 666. The molecule has 0 fully saturated rings. The number of aliphatic hydroxyl groups is 1. The van der Waals surface area contributed by atoms with Gasteiger partial charge in [-0.25, -0.2) is 0 Å². The highest BCUT2D eigenvalue weighted by Gasteiger charge is 2.23. The molecule has 124 valence electrons. The zero-order valence-corrected chi connectivity index (χ0v) is 14.3. The van der Waals surface area contributed by atoms with Crippen LogP contribution in [0.4, 0.5) is 0 Å². The van der Waals surface area contributed by atoms with E-state index in [1.165, 1.54) is 9.78 Å². The minimum Gasteiger partial charge on any atom is -0.386 e. The smallest absolute Gasteiger partial charge is 0.225 e. The molecule has 1 aliphatic heterocycles. The Hall–Kier alpha value is -1.70. The number of amides is 1. The van der Waals surface area contributed by atoms with Crippen LogP contribution < -0.4 is 0 Å². The van der Waals surface area contributed by atoms with Crippen molar-refractivity contribution in [3.05, 3.63) is 39.8 Å². The van der Waals surface area contributed by atoms with Crippen molar-refractivity contribution in [1.29, 1.82) is 0 Å². The van der Waals surface area contributed by atoms with Gasteiger partial charge < -0.3 is 10.0 Å². The summed E-state index contributed by atoms with van der Waals surface area (Å²) in [6.07, 6.45) is -0.767. The van der Waals surface area contributed by atoms with E-state index in [0.717, 1.165) is 31.9 Å². The summed E-state index contributed by atoms with van der Waals surface area (Å²) in [6.45, 7) is 3.52. The van der Waals surface area contributed by atoms with E-state index in [1.54, 1.807) is 25.4 Å². The molecule has 0 saturated heterocycles. The Kier molecular flexibility index (Phi) is 4.79. The molecule has 1 N–H and O–H groups in total. The monoisotopic (exact) mass is 334 g/mol. The van der Waals surface area contributed by atoms with Gasteiger partial charge in [0, 0.05) is 38.6 Å². The Balaban J connectivity index is 1.65. The highest BCUT2D eigenvalue weighted by atomic mass is 32.1. The first kappa shape index (κ1) is 16.2. The Morgan fingerprint density at radius 2 is 2.30 bits per heavy atom. The number of thiophene rings is 1. The highest BCUT2D eigenvalue weighted by molar-refractivity contribution is 7.09.